The molecular formula is C47H58O8. The molecule has 8 nitrogen and oxygen atoms in total. The van der Waals surface area contributed by atoms with E-state index in [1.807, 2.05) is 109 Å². The number of carbonyl (C=O) groups excluding carboxylic acids is 3. The molecule has 2 aliphatic carbocycles. The number of carboxylic acid groups (broad SMARTS) is 2. The summed E-state index contributed by atoms with van der Waals surface area (Å²) in [5.74, 6) is -4.09. The van der Waals surface area contributed by atoms with E-state index in [-0.39, 0.29) is 29.3 Å². The maximum Gasteiger partial charge on any atom is 0.332 e. The van der Waals surface area contributed by atoms with E-state index in [4.69, 9.17) is 9.84 Å². The lowest BCUT2D eigenvalue weighted by molar-refractivity contribution is -0.151. The second-order valence-corrected chi connectivity index (χ2v) is 15.8. The van der Waals surface area contributed by atoms with E-state index < -0.39 is 41.4 Å². The van der Waals surface area contributed by atoms with E-state index in [0.717, 1.165) is 45.4 Å². The summed E-state index contributed by atoms with van der Waals surface area (Å²) in [5.41, 5.74) is 6.26. The van der Waals surface area contributed by atoms with Crippen molar-refractivity contribution < 1.29 is 38.9 Å². The van der Waals surface area contributed by atoms with Gasteiger partial charge in [-0.2, -0.15) is 0 Å². The zero-order valence-corrected chi connectivity index (χ0v) is 34.3. The third-order valence-corrected chi connectivity index (χ3v) is 9.72. The van der Waals surface area contributed by atoms with Gasteiger partial charge < -0.3 is 14.9 Å². The van der Waals surface area contributed by atoms with Gasteiger partial charge in [-0.05, 0) is 81.1 Å². The predicted molar refractivity (Wildman–Crippen MR) is 220 cm³/mol. The minimum Gasteiger partial charge on any atom is -0.481 e. The lowest BCUT2D eigenvalue weighted by Crippen LogP contribution is -2.38. The Morgan fingerprint density at radius 3 is 1.55 bits per heavy atom. The van der Waals surface area contributed by atoms with Gasteiger partial charge in [-0.15, -0.1) is 0 Å². The van der Waals surface area contributed by atoms with Crippen molar-refractivity contribution in [2.75, 3.05) is 0 Å². The van der Waals surface area contributed by atoms with E-state index in [2.05, 4.69) is 45.1 Å². The molecule has 2 atom stereocenters. The number of hydrogen-bond donors (Lipinski definition) is 2. The molecular weight excluding hydrogens is 693 g/mol. The topological polar surface area (TPSA) is 135 Å². The van der Waals surface area contributed by atoms with Crippen LogP contribution in [0, 0.1) is 16.7 Å². The molecule has 2 rings (SSSR count). The zero-order chi connectivity index (χ0) is 41.7. The first kappa shape index (κ1) is 45.8. The number of carbonyl (C=O) groups is 5. The molecule has 0 saturated carbocycles. The van der Waals surface area contributed by atoms with Crippen LogP contribution in [0.3, 0.4) is 0 Å². The highest BCUT2D eigenvalue weighted by Crippen LogP contribution is 2.42. The van der Waals surface area contributed by atoms with Crippen LogP contribution in [0.2, 0.25) is 0 Å². The minimum atomic E-state index is -1.55. The van der Waals surface area contributed by atoms with Crippen LogP contribution in [-0.2, 0) is 28.7 Å². The maximum absolute atomic E-state index is 13.1. The van der Waals surface area contributed by atoms with Crippen LogP contribution in [0.4, 0.5) is 0 Å². The highest BCUT2D eigenvalue weighted by atomic mass is 16.5. The molecule has 0 bridgehead atoms. The fraction of sp³-hybridized carbons (Fsp3) is 0.383. The molecule has 294 valence electrons. The molecule has 0 saturated heterocycles. The first-order valence-electron chi connectivity index (χ1n) is 18.5. The molecule has 0 aromatic heterocycles. The molecule has 0 heterocycles. The lowest BCUT2D eigenvalue weighted by atomic mass is 9.68. The van der Waals surface area contributed by atoms with E-state index in [1.54, 1.807) is 6.92 Å². The van der Waals surface area contributed by atoms with E-state index in [0.29, 0.717) is 11.6 Å². The van der Waals surface area contributed by atoms with Gasteiger partial charge in [0, 0.05) is 18.4 Å². The van der Waals surface area contributed by atoms with Crippen LogP contribution >= 0.6 is 0 Å². The van der Waals surface area contributed by atoms with Crippen molar-refractivity contribution >= 4 is 29.5 Å². The molecule has 55 heavy (non-hydrogen) atoms. The fourth-order valence-corrected chi connectivity index (χ4v) is 6.76. The number of hydrogen-bond acceptors (Lipinski definition) is 6. The number of carboxylic acids is 2. The predicted octanol–water partition coefficient (Wildman–Crippen LogP) is 10.2. The van der Waals surface area contributed by atoms with Crippen molar-refractivity contribution in [1.29, 1.82) is 0 Å². The molecule has 0 radical (unpaired) electrons. The monoisotopic (exact) mass is 750 g/mol. The molecule has 2 aliphatic rings. The Bertz CT molecular complexity index is 1920. The largest absolute Gasteiger partial charge is 0.481 e. The Morgan fingerprint density at radius 2 is 1.09 bits per heavy atom. The molecule has 8 heteroatoms. The van der Waals surface area contributed by atoms with Crippen molar-refractivity contribution in [2.45, 2.75) is 102 Å². The van der Waals surface area contributed by atoms with E-state index >= 15 is 0 Å². The van der Waals surface area contributed by atoms with Crippen molar-refractivity contribution in [3.05, 3.63) is 141 Å². The lowest BCUT2D eigenvalue weighted by Gasteiger charge is -2.36. The summed E-state index contributed by atoms with van der Waals surface area (Å²) in [6.45, 7) is 22.0. The first-order valence-corrected chi connectivity index (χ1v) is 18.5. The SMILES string of the molecule is CC1=C(/C=C/C(C)=C/C=C/C(C)=C/C=C/C=C(C)/C=C/C=C(C)/C=C/C2=C(C)C(=O)C(OC(=O)/C=C(/CC(=O)O)C(=O)O)CC2(C)C)C(C)(C)CC(C)C1=O. The molecule has 0 aromatic rings. The average Bonchev–Trinajstić information content (AvgIpc) is 3.06. The van der Waals surface area contributed by atoms with Crippen LogP contribution in [-0.4, -0.2) is 45.8 Å². The summed E-state index contributed by atoms with van der Waals surface area (Å²) in [6.07, 6.45) is 27.8. The number of ketones is 2. The molecule has 2 unspecified atom stereocenters. The minimum absolute atomic E-state index is 0.0252. The quantitative estimate of drug-likeness (QED) is 0.0959. The number of ether oxygens (including phenoxy) is 1. The van der Waals surface area contributed by atoms with E-state index in [9.17, 15) is 29.1 Å². The molecule has 0 spiro atoms. The summed E-state index contributed by atoms with van der Waals surface area (Å²) < 4.78 is 5.30. The van der Waals surface area contributed by atoms with Gasteiger partial charge in [-0.25, -0.2) is 9.59 Å². The maximum atomic E-state index is 13.1. The number of rotatable bonds is 15. The van der Waals surface area contributed by atoms with Crippen LogP contribution < -0.4 is 0 Å². The van der Waals surface area contributed by atoms with Gasteiger partial charge in [0.25, 0.3) is 0 Å². The Labute approximate surface area is 327 Å². The number of Topliss-reactive ketones (excluding diaryl/α,β-unsaturated/α-hetero) is 2. The smallest absolute Gasteiger partial charge is 0.332 e. The van der Waals surface area contributed by atoms with Gasteiger partial charge in [0.15, 0.2) is 17.7 Å². The summed E-state index contributed by atoms with van der Waals surface area (Å²) >= 11 is 0. The van der Waals surface area contributed by atoms with Crippen molar-refractivity contribution in [2.24, 2.45) is 16.7 Å². The van der Waals surface area contributed by atoms with Gasteiger partial charge in [0.05, 0.1) is 12.0 Å². The number of aliphatic carboxylic acids is 2. The Morgan fingerprint density at radius 1 is 0.673 bits per heavy atom. The van der Waals surface area contributed by atoms with Gasteiger partial charge >= 0.3 is 17.9 Å². The first-order chi connectivity index (χ1) is 25.5. The number of allylic oxidation sites excluding steroid dienone is 21. The van der Waals surface area contributed by atoms with Crippen molar-refractivity contribution in [1.82, 2.24) is 0 Å². The second kappa shape index (κ2) is 20.3. The van der Waals surface area contributed by atoms with Crippen LogP contribution in [0.25, 0.3) is 0 Å². The summed E-state index contributed by atoms with van der Waals surface area (Å²) in [7, 11) is 0. The van der Waals surface area contributed by atoms with Crippen LogP contribution in [0.1, 0.15) is 95.4 Å². The highest BCUT2D eigenvalue weighted by Gasteiger charge is 2.40. The van der Waals surface area contributed by atoms with Crippen LogP contribution in [0.5, 0.6) is 0 Å². The summed E-state index contributed by atoms with van der Waals surface area (Å²) in [5, 5.41) is 18.1. The summed E-state index contributed by atoms with van der Waals surface area (Å²) in [6, 6.07) is 0. The van der Waals surface area contributed by atoms with Crippen molar-refractivity contribution in [3.63, 3.8) is 0 Å². The third-order valence-electron chi connectivity index (χ3n) is 9.72. The standard InChI is InChI=1S/C47H58O8/c1-30(18-14-20-32(3)22-24-38-35(6)43(51)34(5)28-46(38,8)9)16-12-13-17-31(2)19-15-21-33(4)23-25-39-36(7)44(52)40(29-47(39,10)11)55-42(50)27-37(45(53)54)26-41(48)49/h12-25,27,34,40H,26,28-29H2,1-11H3,(H,48,49)(H,53,54)/b13-12+,18-14+,19-15+,24-22+,25-23+,30-16+,31-17+,32-20+,33-21+,37-27-. The number of esters is 1. The Kier molecular flexibility index (Phi) is 16.9. The summed E-state index contributed by atoms with van der Waals surface area (Å²) in [4.78, 5) is 60.2. The molecule has 0 aromatic carbocycles. The molecule has 2 N–H and O–H groups in total. The van der Waals surface area contributed by atoms with Crippen molar-refractivity contribution in [3.8, 4) is 0 Å². The molecule has 0 fully saturated rings. The fourth-order valence-electron chi connectivity index (χ4n) is 6.76. The Balaban J connectivity index is 2.01. The normalized spacial score (nSPS) is 22.1. The molecule has 0 aliphatic heterocycles. The Hall–Kier alpha value is -5.37. The second-order valence-electron chi connectivity index (χ2n) is 15.8. The van der Waals surface area contributed by atoms with Gasteiger partial charge in [-0.3, -0.25) is 14.4 Å². The average molecular weight is 751 g/mol. The van der Waals surface area contributed by atoms with Crippen LogP contribution in [0.15, 0.2) is 141 Å². The molecule has 0 amide bonds. The third kappa shape index (κ3) is 14.4. The van der Waals surface area contributed by atoms with E-state index in [1.165, 1.54) is 0 Å². The van der Waals surface area contributed by atoms with Gasteiger partial charge in [-0.1, -0.05) is 142 Å². The van der Waals surface area contributed by atoms with Gasteiger partial charge in [0.1, 0.15) is 0 Å². The van der Waals surface area contributed by atoms with Gasteiger partial charge in [0.2, 0.25) is 0 Å². The zero-order valence-electron chi connectivity index (χ0n) is 34.3. The highest BCUT2D eigenvalue weighted by molar-refractivity contribution is 6.03.